The fourth-order valence-electron chi connectivity index (χ4n) is 2.48. The summed E-state index contributed by atoms with van der Waals surface area (Å²) in [4.78, 5) is 2.72. The zero-order valence-electron chi connectivity index (χ0n) is 11.8. The van der Waals surface area contributed by atoms with Crippen molar-refractivity contribution in [3.8, 4) is 0 Å². The Hall–Kier alpha value is -0.0800. The molecule has 0 aliphatic carbocycles. The van der Waals surface area contributed by atoms with E-state index in [4.69, 9.17) is 0 Å². The van der Waals surface area contributed by atoms with Gasteiger partial charge < -0.3 is 5.32 Å². The third-order valence-corrected chi connectivity index (χ3v) is 4.08. The van der Waals surface area contributed by atoms with Crippen molar-refractivity contribution in [2.24, 2.45) is 11.8 Å². The molecule has 2 nitrogen and oxygen atoms in total. The van der Waals surface area contributed by atoms with Gasteiger partial charge in [-0.2, -0.15) is 0 Å². The number of nitrogens with zero attached hydrogens (tertiary/aromatic N) is 1. The summed E-state index contributed by atoms with van der Waals surface area (Å²) in [7, 11) is 0. The van der Waals surface area contributed by atoms with E-state index >= 15 is 0 Å². The van der Waals surface area contributed by atoms with E-state index in [2.05, 4.69) is 44.8 Å². The fourth-order valence-corrected chi connectivity index (χ4v) is 2.48. The van der Waals surface area contributed by atoms with Crippen molar-refractivity contribution in [1.82, 2.24) is 10.2 Å². The highest BCUT2D eigenvalue weighted by Crippen LogP contribution is 2.17. The van der Waals surface area contributed by atoms with E-state index in [9.17, 15) is 0 Å². The lowest BCUT2D eigenvalue weighted by atomic mass is 9.97. The smallest absolute Gasteiger partial charge is 0.0218 e. The maximum Gasteiger partial charge on any atom is 0.0218 e. The predicted molar refractivity (Wildman–Crippen MR) is 71.7 cm³/mol. The maximum atomic E-state index is 3.70. The topological polar surface area (TPSA) is 15.3 Å². The van der Waals surface area contributed by atoms with Crippen LogP contribution in [0.3, 0.4) is 0 Å². The molecular formula is C14H30N2. The van der Waals surface area contributed by atoms with Gasteiger partial charge in [0.05, 0.1) is 0 Å². The minimum atomic E-state index is 0.687. The Kier molecular flexibility index (Phi) is 5.77. The van der Waals surface area contributed by atoms with Crippen LogP contribution >= 0.6 is 0 Å². The number of rotatable bonds is 5. The van der Waals surface area contributed by atoms with Gasteiger partial charge >= 0.3 is 0 Å². The van der Waals surface area contributed by atoms with Crippen LogP contribution in [0.2, 0.25) is 0 Å². The van der Waals surface area contributed by atoms with Crippen molar-refractivity contribution in [3.05, 3.63) is 0 Å². The van der Waals surface area contributed by atoms with E-state index in [1.165, 1.54) is 32.5 Å². The molecule has 96 valence electrons. The van der Waals surface area contributed by atoms with E-state index in [0.717, 1.165) is 17.9 Å². The number of piperazine rings is 1. The molecule has 0 spiro atoms. The Labute approximate surface area is 102 Å². The summed E-state index contributed by atoms with van der Waals surface area (Å²) in [5.41, 5.74) is 0. The minimum Gasteiger partial charge on any atom is -0.311 e. The van der Waals surface area contributed by atoms with Gasteiger partial charge in [-0.25, -0.2) is 0 Å². The van der Waals surface area contributed by atoms with Crippen LogP contribution in [0.5, 0.6) is 0 Å². The lowest BCUT2D eigenvalue weighted by Crippen LogP contribution is -2.58. The van der Waals surface area contributed by atoms with E-state index in [1.54, 1.807) is 0 Å². The van der Waals surface area contributed by atoms with Crippen LogP contribution in [-0.4, -0.2) is 36.6 Å². The molecule has 1 aliphatic heterocycles. The third kappa shape index (κ3) is 3.74. The van der Waals surface area contributed by atoms with Crippen LogP contribution in [0.1, 0.15) is 47.5 Å². The lowest BCUT2D eigenvalue weighted by Gasteiger charge is -2.42. The minimum absolute atomic E-state index is 0.687. The standard InChI is InChI=1S/C14H30N2/c1-6-12(5)9-16-10-14(11(3)4)15-8-13(16)7-2/h11-15H,6-10H2,1-5H3. The number of hydrogen-bond acceptors (Lipinski definition) is 2. The zero-order chi connectivity index (χ0) is 12.1. The van der Waals surface area contributed by atoms with Crippen molar-refractivity contribution in [2.45, 2.75) is 59.5 Å². The first-order chi connectivity index (χ1) is 7.58. The molecule has 0 radical (unpaired) electrons. The second-order valence-corrected chi connectivity index (χ2v) is 5.79. The summed E-state index contributed by atoms with van der Waals surface area (Å²) in [5, 5.41) is 3.70. The van der Waals surface area contributed by atoms with Gasteiger partial charge in [0.25, 0.3) is 0 Å². The Morgan fingerprint density at radius 2 is 1.94 bits per heavy atom. The molecule has 0 aromatic heterocycles. The molecule has 2 heteroatoms. The molecule has 0 amide bonds. The molecule has 16 heavy (non-hydrogen) atoms. The Morgan fingerprint density at radius 1 is 1.25 bits per heavy atom. The molecule has 1 aliphatic rings. The maximum absolute atomic E-state index is 3.70. The highest BCUT2D eigenvalue weighted by Gasteiger charge is 2.28. The average molecular weight is 226 g/mol. The zero-order valence-corrected chi connectivity index (χ0v) is 11.8. The quantitative estimate of drug-likeness (QED) is 0.775. The summed E-state index contributed by atoms with van der Waals surface area (Å²) in [6.07, 6.45) is 2.57. The summed E-state index contributed by atoms with van der Waals surface area (Å²) >= 11 is 0. The molecule has 0 bridgehead atoms. The van der Waals surface area contributed by atoms with Crippen LogP contribution in [0, 0.1) is 11.8 Å². The molecule has 0 saturated carbocycles. The normalized spacial score (nSPS) is 29.6. The van der Waals surface area contributed by atoms with Gasteiger partial charge in [-0.3, -0.25) is 4.90 Å². The molecule has 1 saturated heterocycles. The summed E-state index contributed by atoms with van der Waals surface area (Å²) < 4.78 is 0. The van der Waals surface area contributed by atoms with Gasteiger partial charge in [-0.05, 0) is 18.3 Å². The first kappa shape index (κ1) is 14.0. The van der Waals surface area contributed by atoms with Gasteiger partial charge in [0.1, 0.15) is 0 Å². The van der Waals surface area contributed by atoms with E-state index in [0.29, 0.717) is 6.04 Å². The summed E-state index contributed by atoms with van der Waals surface area (Å²) in [6, 6.07) is 1.44. The van der Waals surface area contributed by atoms with Crippen molar-refractivity contribution < 1.29 is 0 Å². The summed E-state index contributed by atoms with van der Waals surface area (Å²) in [5.74, 6) is 1.58. The van der Waals surface area contributed by atoms with E-state index in [-0.39, 0.29) is 0 Å². The van der Waals surface area contributed by atoms with Crippen LogP contribution in [0.15, 0.2) is 0 Å². The van der Waals surface area contributed by atoms with Crippen LogP contribution < -0.4 is 5.32 Å². The highest BCUT2D eigenvalue weighted by atomic mass is 15.2. The van der Waals surface area contributed by atoms with Gasteiger partial charge in [0, 0.05) is 31.7 Å². The van der Waals surface area contributed by atoms with Crippen molar-refractivity contribution in [3.63, 3.8) is 0 Å². The van der Waals surface area contributed by atoms with E-state index < -0.39 is 0 Å². The first-order valence-electron chi connectivity index (χ1n) is 7.05. The van der Waals surface area contributed by atoms with E-state index in [1.807, 2.05) is 0 Å². The monoisotopic (exact) mass is 226 g/mol. The lowest BCUT2D eigenvalue weighted by molar-refractivity contribution is 0.0948. The van der Waals surface area contributed by atoms with Crippen LogP contribution in [-0.2, 0) is 0 Å². The van der Waals surface area contributed by atoms with Crippen molar-refractivity contribution in [2.75, 3.05) is 19.6 Å². The molecule has 1 fully saturated rings. The number of hydrogen-bond donors (Lipinski definition) is 1. The molecule has 1 heterocycles. The Balaban J connectivity index is 2.53. The van der Waals surface area contributed by atoms with Crippen molar-refractivity contribution >= 4 is 0 Å². The molecule has 3 atom stereocenters. The molecule has 3 unspecified atom stereocenters. The van der Waals surface area contributed by atoms with Gasteiger partial charge in [0.15, 0.2) is 0 Å². The predicted octanol–water partition coefficient (Wildman–Crippen LogP) is 2.74. The molecule has 0 aromatic rings. The van der Waals surface area contributed by atoms with Crippen LogP contribution in [0.4, 0.5) is 0 Å². The number of nitrogens with one attached hydrogen (secondary N) is 1. The fraction of sp³-hybridized carbons (Fsp3) is 1.00. The van der Waals surface area contributed by atoms with Crippen molar-refractivity contribution in [1.29, 1.82) is 0 Å². The average Bonchev–Trinajstić information content (AvgIpc) is 2.28. The summed E-state index contributed by atoms with van der Waals surface area (Å²) in [6.45, 7) is 15.3. The molecule has 1 N–H and O–H groups in total. The second-order valence-electron chi connectivity index (χ2n) is 5.79. The van der Waals surface area contributed by atoms with Gasteiger partial charge in [-0.15, -0.1) is 0 Å². The van der Waals surface area contributed by atoms with Gasteiger partial charge in [0.2, 0.25) is 0 Å². The molecule has 1 rings (SSSR count). The molecular weight excluding hydrogens is 196 g/mol. The Bertz CT molecular complexity index is 191. The SMILES string of the molecule is CCC(C)CN1CC(C(C)C)NCC1CC. The third-order valence-electron chi connectivity index (χ3n) is 4.08. The van der Waals surface area contributed by atoms with Crippen LogP contribution in [0.25, 0.3) is 0 Å². The second kappa shape index (κ2) is 6.61. The molecule has 0 aromatic carbocycles. The highest BCUT2D eigenvalue weighted by molar-refractivity contribution is 4.87. The van der Waals surface area contributed by atoms with Gasteiger partial charge in [-0.1, -0.05) is 41.0 Å². The first-order valence-corrected chi connectivity index (χ1v) is 7.05. The largest absolute Gasteiger partial charge is 0.311 e. The Morgan fingerprint density at radius 3 is 2.44 bits per heavy atom.